The Hall–Kier alpha value is -2.82. The minimum absolute atomic E-state index is 0.113. The summed E-state index contributed by atoms with van der Waals surface area (Å²) in [4.78, 5) is 23.0. The Morgan fingerprint density at radius 1 is 1.29 bits per heavy atom. The molecule has 0 spiro atoms. The van der Waals surface area contributed by atoms with E-state index in [0.29, 0.717) is 41.6 Å². The number of fused-ring (bicyclic) bond motifs is 1. The van der Waals surface area contributed by atoms with E-state index in [2.05, 4.69) is 20.2 Å². The molecule has 4 heterocycles. The third-order valence-electron chi connectivity index (χ3n) is 5.05. The number of aromatic nitrogens is 5. The second kappa shape index (κ2) is 6.66. The fourth-order valence-electron chi connectivity index (χ4n) is 3.77. The lowest BCUT2D eigenvalue weighted by Crippen LogP contribution is -2.40. The van der Waals surface area contributed by atoms with Crippen LogP contribution in [0.3, 0.4) is 0 Å². The Labute approximate surface area is 161 Å². The molecule has 0 N–H and O–H groups in total. The van der Waals surface area contributed by atoms with Gasteiger partial charge < -0.3 is 9.42 Å². The van der Waals surface area contributed by atoms with Crippen molar-refractivity contribution in [3.8, 4) is 0 Å². The van der Waals surface area contributed by atoms with Crippen molar-refractivity contribution in [1.82, 2.24) is 29.6 Å². The molecule has 0 saturated carbocycles. The van der Waals surface area contributed by atoms with Crippen molar-refractivity contribution in [1.29, 1.82) is 0 Å². The number of carbonyl (C=O) groups excluding carboxylic acids is 1. The highest BCUT2D eigenvalue weighted by atomic mass is 32.2. The molecule has 0 unspecified atom stereocenters. The summed E-state index contributed by atoms with van der Waals surface area (Å²) >= 11 is 0. The minimum atomic E-state index is -3.53. The molecule has 0 aliphatic carbocycles. The van der Waals surface area contributed by atoms with Gasteiger partial charge in [-0.25, -0.2) is 13.4 Å². The molecule has 0 radical (unpaired) electrons. The number of likely N-dealkylation sites (tertiary alicyclic amines) is 1. The van der Waals surface area contributed by atoms with Crippen LogP contribution in [-0.2, 0) is 9.84 Å². The average Bonchev–Trinajstić information content (AvgIpc) is 3.26. The zero-order chi connectivity index (χ0) is 20.1. The first-order valence-corrected chi connectivity index (χ1v) is 10.8. The van der Waals surface area contributed by atoms with Gasteiger partial charge in [0, 0.05) is 25.3 Å². The molecule has 10 nitrogen and oxygen atoms in total. The van der Waals surface area contributed by atoms with Gasteiger partial charge in [-0.15, -0.1) is 0 Å². The van der Waals surface area contributed by atoms with Crippen LogP contribution in [0.2, 0.25) is 0 Å². The highest BCUT2D eigenvalue weighted by Gasteiger charge is 2.33. The smallest absolute Gasteiger partial charge is 0.259 e. The molecule has 0 aromatic carbocycles. The minimum Gasteiger partial charge on any atom is -0.361 e. The molecule has 1 fully saturated rings. The van der Waals surface area contributed by atoms with Gasteiger partial charge in [-0.1, -0.05) is 5.16 Å². The van der Waals surface area contributed by atoms with E-state index in [1.54, 1.807) is 18.7 Å². The molecule has 28 heavy (non-hydrogen) atoms. The first-order chi connectivity index (χ1) is 13.3. The summed E-state index contributed by atoms with van der Waals surface area (Å²) in [5, 5.41) is 8.02. The van der Waals surface area contributed by atoms with Gasteiger partial charge in [0.1, 0.15) is 22.5 Å². The Morgan fingerprint density at radius 3 is 2.75 bits per heavy atom. The van der Waals surface area contributed by atoms with Crippen molar-refractivity contribution < 1.29 is 17.7 Å². The lowest BCUT2D eigenvalue weighted by atomic mass is 9.93. The van der Waals surface area contributed by atoms with Gasteiger partial charge >= 0.3 is 0 Å². The van der Waals surface area contributed by atoms with E-state index in [1.165, 1.54) is 17.0 Å². The normalized spacial score (nSPS) is 18.0. The van der Waals surface area contributed by atoms with Crippen LogP contribution < -0.4 is 0 Å². The molecule has 3 aromatic rings. The van der Waals surface area contributed by atoms with Crippen LogP contribution in [0, 0.1) is 13.8 Å². The highest BCUT2D eigenvalue weighted by molar-refractivity contribution is 7.90. The molecule has 0 bridgehead atoms. The summed E-state index contributed by atoms with van der Waals surface area (Å²) in [6, 6.07) is 0. The number of carbonyl (C=O) groups is 1. The molecular weight excluding hydrogens is 384 g/mol. The van der Waals surface area contributed by atoms with E-state index < -0.39 is 9.84 Å². The molecule has 148 valence electrons. The second-order valence-corrected chi connectivity index (χ2v) is 9.03. The molecule has 1 aliphatic rings. The molecule has 3 aromatic heterocycles. The fourth-order valence-corrected chi connectivity index (χ4v) is 4.65. The van der Waals surface area contributed by atoms with Gasteiger partial charge in [-0.05, 0) is 26.7 Å². The summed E-state index contributed by atoms with van der Waals surface area (Å²) in [7, 11) is -3.53. The maximum atomic E-state index is 13.0. The maximum Gasteiger partial charge on any atom is 0.259 e. The molecule has 11 heteroatoms. The van der Waals surface area contributed by atoms with Crippen LogP contribution in [0.15, 0.2) is 21.9 Å². The summed E-state index contributed by atoms with van der Waals surface area (Å²) in [5.74, 6) is 0.432. The van der Waals surface area contributed by atoms with E-state index in [9.17, 15) is 13.2 Å². The standard InChI is InChI=1S/C17H20N6O4S/c1-10-14(11(2)27-21-10)16(24)22-6-4-5-12(8-22)15-13(28(3,25)26)7-18-17-19-9-20-23(15)17/h7,9,12H,4-6,8H2,1-3H3/t12-/m0/s1. The van der Waals surface area contributed by atoms with Crippen molar-refractivity contribution >= 4 is 21.5 Å². The van der Waals surface area contributed by atoms with Crippen LogP contribution in [0.1, 0.15) is 46.3 Å². The number of aryl methyl sites for hydroxylation is 2. The molecule has 1 aliphatic heterocycles. The fraction of sp³-hybridized carbons (Fsp3) is 0.471. The molecule has 1 amide bonds. The number of sulfone groups is 1. The van der Waals surface area contributed by atoms with Crippen LogP contribution in [-0.4, -0.2) is 63.3 Å². The average molecular weight is 404 g/mol. The van der Waals surface area contributed by atoms with Gasteiger partial charge in [0.2, 0.25) is 0 Å². The number of nitrogens with zero attached hydrogens (tertiary/aromatic N) is 6. The molecule has 1 atom stereocenters. The van der Waals surface area contributed by atoms with Crippen molar-refractivity contribution in [3.05, 3.63) is 35.2 Å². The van der Waals surface area contributed by atoms with Crippen LogP contribution in [0.25, 0.3) is 5.78 Å². The van der Waals surface area contributed by atoms with Crippen LogP contribution >= 0.6 is 0 Å². The van der Waals surface area contributed by atoms with Crippen molar-refractivity contribution in [2.24, 2.45) is 0 Å². The van der Waals surface area contributed by atoms with E-state index in [1.807, 2.05) is 0 Å². The molecule has 1 saturated heterocycles. The van der Waals surface area contributed by atoms with Gasteiger partial charge in [0.05, 0.1) is 17.6 Å². The summed E-state index contributed by atoms with van der Waals surface area (Å²) in [5.41, 5.74) is 1.52. The predicted octanol–water partition coefficient (Wildman–Crippen LogP) is 1.15. The summed E-state index contributed by atoms with van der Waals surface area (Å²) < 4.78 is 31.3. The van der Waals surface area contributed by atoms with Crippen LogP contribution in [0.4, 0.5) is 0 Å². The third-order valence-corrected chi connectivity index (χ3v) is 6.16. The number of hydrogen-bond acceptors (Lipinski definition) is 8. The van der Waals surface area contributed by atoms with Crippen molar-refractivity contribution in [3.63, 3.8) is 0 Å². The van der Waals surface area contributed by atoms with E-state index in [4.69, 9.17) is 4.52 Å². The zero-order valence-corrected chi connectivity index (χ0v) is 16.6. The molecule has 4 rings (SSSR count). The van der Waals surface area contributed by atoms with E-state index >= 15 is 0 Å². The lowest BCUT2D eigenvalue weighted by Gasteiger charge is -2.33. The Balaban J connectivity index is 1.75. The number of rotatable bonds is 3. The second-order valence-electron chi connectivity index (χ2n) is 7.04. The lowest BCUT2D eigenvalue weighted by molar-refractivity contribution is 0.0702. The molecular formula is C17H20N6O4S. The SMILES string of the molecule is Cc1noc(C)c1C(=O)N1CCC[C@H](c2c(S(C)(=O)=O)cnc3ncnn23)C1. The van der Waals surface area contributed by atoms with Crippen LogP contribution in [0.5, 0.6) is 0 Å². The zero-order valence-electron chi connectivity index (χ0n) is 15.8. The van der Waals surface area contributed by atoms with E-state index in [0.717, 1.165) is 19.1 Å². The number of hydrogen-bond donors (Lipinski definition) is 0. The third kappa shape index (κ3) is 3.05. The summed E-state index contributed by atoms with van der Waals surface area (Å²) in [6.07, 6.45) is 5.28. The van der Waals surface area contributed by atoms with Gasteiger partial charge in [-0.2, -0.15) is 14.6 Å². The first-order valence-electron chi connectivity index (χ1n) is 8.88. The number of amides is 1. The topological polar surface area (TPSA) is 124 Å². The van der Waals surface area contributed by atoms with Gasteiger partial charge in [0.25, 0.3) is 11.7 Å². The van der Waals surface area contributed by atoms with Crippen molar-refractivity contribution in [2.45, 2.75) is 37.5 Å². The first kappa shape index (κ1) is 18.5. The van der Waals surface area contributed by atoms with Gasteiger partial charge in [0.15, 0.2) is 9.84 Å². The van der Waals surface area contributed by atoms with Gasteiger partial charge in [-0.3, -0.25) is 4.79 Å². The monoisotopic (exact) mass is 404 g/mol. The van der Waals surface area contributed by atoms with E-state index in [-0.39, 0.29) is 16.7 Å². The summed E-state index contributed by atoms with van der Waals surface area (Å²) in [6.45, 7) is 4.39. The number of piperidine rings is 1. The Kier molecular flexibility index (Phi) is 4.41. The maximum absolute atomic E-state index is 13.0. The predicted molar refractivity (Wildman–Crippen MR) is 97.7 cm³/mol. The Bertz CT molecular complexity index is 1150. The Morgan fingerprint density at radius 2 is 2.07 bits per heavy atom. The highest BCUT2D eigenvalue weighted by Crippen LogP contribution is 2.32. The quantitative estimate of drug-likeness (QED) is 0.637. The largest absolute Gasteiger partial charge is 0.361 e. The van der Waals surface area contributed by atoms with Crippen molar-refractivity contribution in [2.75, 3.05) is 19.3 Å².